The predicted octanol–water partition coefficient (Wildman–Crippen LogP) is 2.16. The highest BCUT2D eigenvalue weighted by molar-refractivity contribution is 5.73. The summed E-state index contributed by atoms with van der Waals surface area (Å²) in [5.74, 6) is 0. The van der Waals surface area contributed by atoms with E-state index >= 15 is 0 Å². The predicted molar refractivity (Wildman–Crippen MR) is 94.1 cm³/mol. The third-order valence-electron chi connectivity index (χ3n) is 4.38. The van der Waals surface area contributed by atoms with Crippen molar-refractivity contribution in [1.82, 2.24) is 25.1 Å². The molecule has 6 heteroatoms. The van der Waals surface area contributed by atoms with Gasteiger partial charge in [0.15, 0.2) is 0 Å². The molecule has 1 aliphatic rings. The zero-order chi connectivity index (χ0) is 16.6. The van der Waals surface area contributed by atoms with Crippen LogP contribution in [0.5, 0.6) is 0 Å². The fourth-order valence-corrected chi connectivity index (χ4v) is 3.06. The second-order valence-electron chi connectivity index (χ2n) is 6.11. The molecule has 2 N–H and O–H groups in total. The number of hydrogen-bond donors (Lipinski definition) is 2. The highest BCUT2D eigenvalue weighted by atomic mass is 16.2. The molecule has 0 aliphatic carbocycles. The van der Waals surface area contributed by atoms with Gasteiger partial charge < -0.3 is 20.1 Å². The smallest absolute Gasteiger partial charge is 0.315 e. The van der Waals surface area contributed by atoms with Crippen molar-refractivity contribution < 1.29 is 4.79 Å². The molecule has 0 spiro atoms. The largest absolute Gasteiger partial charge is 0.337 e. The van der Waals surface area contributed by atoms with Gasteiger partial charge in [-0.1, -0.05) is 24.6 Å². The van der Waals surface area contributed by atoms with Crippen LogP contribution in [0.15, 0.2) is 43.0 Å². The van der Waals surface area contributed by atoms with Gasteiger partial charge in [-0.25, -0.2) is 9.78 Å². The van der Waals surface area contributed by atoms with Crippen LogP contribution in [0.2, 0.25) is 0 Å². The number of nitrogens with zero attached hydrogens (tertiary/aromatic N) is 3. The maximum atomic E-state index is 12.0. The van der Waals surface area contributed by atoms with Crippen LogP contribution in [-0.2, 0) is 6.54 Å². The number of carbonyl (C=O) groups excluding carboxylic acids is 1. The molecule has 0 atom stereocenters. The summed E-state index contributed by atoms with van der Waals surface area (Å²) in [6, 6.07) is 7.88. The lowest BCUT2D eigenvalue weighted by Gasteiger charge is -2.26. The molecule has 2 aromatic rings. The molecule has 2 heterocycles. The van der Waals surface area contributed by atoms with E-state index in [2.05, 4.69) is 20.5 Å². The maximum Gasteiger partial charge on any atom is 0.315 e. The van der Waals surface area contributed by atoms with Crippen LogP contribution in [-0.4, -0.2) is 46.7 Å². The van der Waals surface area contributed by atoms with Crippen LogP contribution in [0.25, 0.3) is 5.69 Å². The number of amides is 2. The molecular formula is C18H25N5O. The Balaban J connectivity index is 1.45. The Morgan fingerprint density at radius 3 is 2.75 bits per heavy atom. The fraction of sp³-hybridized carbons (Fsp3) is 0.444. The molecule has 3 rings (SSSR count). The van der Waals surface area contributed by atoms with Gasteiger partial charge in [0.1, 0.15) is 0 Å². The van der Waals surface area contributed by atoms with E-state index in [0.717, 1.165) is 30.9 Å². The van der Waals surface area contributed by atoms with E-state index in [4.69, 9.17) is 0 Å². The molecule has 24 heavy (non-hydrogen) atoms. The summed E-state index contributed by atoms with van der Waals surface area (Å²) in [6.45, 7) is 4.42. The molecule has 6 nitrogen and oxygen atoms in total. The molecule has 2 amide bonds. The number of rotatable bonds is 6. The molecule has 128 valence electrons. The van der Waals surface area contributed by atoms with E-state index in [9.17, 15) is 4.79 Å². The Morgan fingerprint density at radius 1 is 1.12 bits per heavy atom. The number of benzene rings is 1. The van der Waals surface area contributed by atoms with Gasteiger partial charge in [0.05, 0.1) is 12.0 Å². The van der Waals surface area contributed by atoms with Crippen LogP contribution in [0, 0.1) is 0 Å². The first-order valence-electron chi connectivity index (χ1n) is 8.63. The van der Waals surface area contributed by atoms with Gasteiger partial charge >= 0.3 is 6.03 Å². The fourth-order valence-electron chi connectivity index (χ4n) is 3.06. The summed E-state index contributed by atoms with van der Waals surface area (Å²) < 4.78 is 1.95. The lowest BCUT2D eigenvalue weighted by atomic mass is 10.1. The number of hydrogen-bond acceptors (Lipinski definition) is 3. The number of likely N-dealkylation sites (tertiary alicyclic amines) is 1. The topological polar surface area (TPSA) is 62.2 Å². The molecule has 1 aromatic carbocycles. The minimum Gasteiger partial charge on any atom is -0.337 e. The number of para-hydroxylation sites is 1. The standard InChI is InChI=1S/C18H25N5O/c24-18(20-9-12-22-10-4-1-5-11-22)21-14-16-6-2-3-7-17(16)23-13-8-19-15-23/h2-3,6-8,13,15H,1,4-5,9-12,14H2,(H2,20,21,24). The lowest BCUT2D eigenvalue weighted by Crippen LogP contribution is -2.41. The molecular weight excluding hydrogens is 302 g/mol. The summed E-state index contributed by atoms with van der Waals surface area (Å²) in [6.07, 6.45) is 9.29. The monoisotopic (exact) mass is 327 g/mol. The third-order valence-corrected chi connectivity index (χ3v) is 4.38. The van der Waals surface area contributed by atoms with E-state index in [-0.39, 0.29) is 6.03 Å². The van der Waals surface area contributed by atoms with Crippen molar-refractivity contribution >= 4 is 6.03 Å². The lowest BCUT2D eigenvalue weighted by molar-refractivity contribution is 0.220. The van der Waals surface area contributed by atoms with E-state index < -0.39 is 0 Å². The number of urea groups is 1. The van der Waals surface area contributed by atoms with Crippen LogP contribution >= 0.6 is 0 Å². The SMILES string of the molecule is O=C(NCCN1CCCCC1)NCc1ccccc1-n1ccnc1. The van der Waals surface area contributed by atoms with Gasteiger partial charge in [0.25, 0.3) is 0 Å². The Bertz CT molecular complexity index is 635. The Hall–Kier alpha value is -2.34. The summed E-state index contributed by atoms with van der Waals surface area (Å²) >= 11 is 0. The second-order valence-corrected chi connectivity index (χ2v) is 6.11. The minimum atomic E-state index is -0.118. The van der Waals surface area contributed by atoms with Gasteiger partial charge in [-0.05, 0) is 37.6 Å². The first-order valence-corrected chi connectivity index (χ1v) is 8.63. The van der Waals surface area contributed by atoms with Gasteiger partial charge in [-0.15, -0.1) is 0 Å². The molecule has 1 aromatic heterocycles. The van der Waals surface area contributed by atoms with Crippen molar-refractivity contribution in [3.63, 3.8) is 0 Å². The van der Waals surface area contributed by atoms with E-state index in [1.165, 1.54) is 19.3 Å². The van der Waals surface area contributed by atoms with Crippen molar-refractivity contribution in [3.05, 3.63) is 48.5 Å². The van der Waals surface area contributed by atoms with Crippen LogP contribution in [0.1, 0.15) is 24.8 Å². The normalized spacial score (nSPS) is 15.2. The number of nitrogens with one attached hydrogen (secondary N) is 2. The Labute approximate surface area is 142 Å². The van der Waals surface area contributed by atoms with Crippen molar-refractivity contribution in [2.24, 2.45) is 0 Å². The number of piperidine rings is 1. The summed E-state index contributed by atoms with van der Waals surface area (Å²) in [5.41, 5.74) is 2.09. The quantitative estimate of drug-likeness (QED) is 0.855. The zero-order valence-corrected chi connectivity index (χ0v) is 13.9. The van der Waals surface area contributed by atoms with Gasteiger partial charge in [0, 0.05) is 32.0 Å². The van der Waals surface area contributed by atoms with Gasteiger partial charge in [-0.3, -0.25) is 0 Å². The average molecular weight is 327 g/mol. The third kappa shape index (κ3) is 4.58. The van der Waals surface area contributed by atoms with Crippen LogP contribution in [0.4, 0.5) is 4.79 Å². The zero-order valence-electron chi connectivity index (χ0n) is 13.9. The van der Waals surface area contributed by atoms with Crippen molar-refractivity contribution in [2.75, 3.05) is 26.2 Å². The number of carbonyl (C=O) groups is 1. The van der Waals surface area contributed by atoms with Crippen LogP contribution < -0.4 is 10.6 Å². The number of aromatic nitrogens is 2. The second kappa shape index (κ2) is 8.49. The first-order chi connectivity index (χ1) is 11.8. The van der Waals surface area contributed by atoms with Crippen molar-refractivity contribution in [2.45, 2.75) is 25.8 Å². The summed E-state index contributed by atoms with van der Waals surface area (Å²) in [7, 11) is 0. The van der Waals surface area contributed by atoms with E-state index in [1.807, 2.05) is 35.0 Å². The molecule has 1 aliphatic heterocycles. The molecule has 1 fully saturated rings. The highest BCUT2D eigenvalue weighted by Crippen LogP contribution is 2.13. The van der Waals surface area contributed by atoms with E-state index in [0.29, 0.717) is 13.1 Å². The van der Waals surface area contributed by atoms with Crippen molar-refractivity contribution in [3.8, 4) is 5.69 Å². The Kier molecular flexibility index (Phi) is 5.85. The highest BCUT2D eigenvalue weighted by Gasteiger charge is 2.10. The first kappa shape index (κ1) is 16.5. The van der Waals surface area contributed by atoms with Gasteiger partial charge in [-0.2, -0.15) is 0 Å². The Morgan fingerprint density at radius 2 is 1.96 bits per heavy atom. The average Bonchev–Trinajstić information content (AvgIpc) is 3.16. The molecule has 0 saturated carbocycles. The maximum absolute atomic E-state index is 12.0. The number of imidazole rings is 1. The minimum absolute atomic E-state index is 0.118. The van der Waals surface area contributed by atoms with E-state index in [1.54, 1.807) is 12.5 Å². The van der Waals surface area contributed by atoms with Crippen molar-refractivity contribution in [1.29, 1.82) is 0 Å². The van der Waals surface area contributed by atoms with Crippen LogP contribution in [0.3, 0.4) is 0 Å². The molecule has 0 bridgehead atoms. The summed E-state index contributed by atoms with van der Waals surface area (Å²) in [5, 5.41) is 5.88. The van der Waals surface area contributed by atoms with Gasteiger partial charge in [0.2, 0.25) is 0 Å². The molecule has 1 saturated heterocycles. The molecule has 0 unspecified atom stereocenters. The molecule has 0 radical (unpaired) electrons. The summed E-state index contributed by atoms with van der Waals surface area (Å²) in [4.78, 5) is 18.5.